The molecule has 10 heteroatoms. The van der Waals surface area contributed by atoms with E-state index in [9.17, 15) is 18.0 Å². The number of carbonyl (C=O) groups excluding carboxylic acids is 2. The van der Waals surface area contributed by atoms with Crippen LogP contribution in [0.1, 0.15) is 31.9 Å². The minimum absolute atomic E-state index is 0.0921. The van der Waals surface area contributed by atoms with Gasteiger partial charge < -0.3 is 15.0 Å². The normalized spacial score (nSPS) is 12.2. The third kappa shape index (κ3) is 7.36. The van der Waals surface area contributed by atoms with Gasteiger partial charge in [-0.2, -0.15) is 0 Å². The van der Waals surface area contributed by atoms with Crippen molar-refractivity contribution in [3.63, 3.8) is 0 Å². The van der Waals surface area contributed by atoms with Crippen LogP contribution in [0, 0.1) is 6.92 Å². The number of carbonyl (C=O) groups is 2. The van der Waals surface area contributed by atoms with E-state index in [0.717, 1.165) is 16.1 Å². The number of methoxy groups -OCH3 is 1. The van der Waals surface area contributed by atoms with Crippen LogP contribution in [0.15, 0.2) is 42.5 Å². The third-order valence-electron chi connectivity index (χ3n) is 5.20. The van der Waals surface area contributed by atoms with Crippen LogP contribution in [0.3, 0.4) is 0 Å². The first-order valence-electron chi connectivity index (χ1n) is 10.8. The molecule has 0 aromatic heterocycles. The summed E-state index contributed by atoms with van der Waals surface area (Å²) in [6.07, 6.45) is 1.03. The number of halogens is 1. The third-order valence-corrected chi connectivity index (χ3v) is 6.57. The number of nitrogens with zero attached hydrogens (tertiary/aromatic N) is 2. The van der Waals surface area contributed by atoms with Crippen molar-refractivity contribution in [2.75, 3.05) is 24.2 Å². The molecule has 34 heavy (non-hydrogen) atoms. The molecule has 2 rings (SSSR count). The maximum absolute atomic E-state index is 13.5. The zero-order valence-corrected chi connectivity index (χ0v) is 21.9. The highest BCUT2D eigenvalue weighted by Gasteiger charge is 2.31. The molecule has 0 bridgehead atoms. The van der Waals surface area contributed by atoms with Crippen LogP contribution in [-0.4, -0.2) is 57.1 Å². The lowest BCUT2D eigenvalue weighted by molar-refractivity contribution is -0.139. The summed E-state index contributed by atoms with van der Waals surface area (Å²) < 4.78 is 31.6. The fraction of sp³-hybridized carbons (Fsp3) is 0.417. The summed E-state index contributed by atoms with van der Waals surface area (Å²) in [5.41, 5.74) is 1.69. The average molecular weight is 510 g/mol. The number of aryl methyl sites for hydroxylation is 1. The second-order valence-electron chi connectivity index (χ2n) is 8.41. The van der Waals surface area contributed by atoms with E-state index in [0.29, 0.717) is 22.0 Å². The summed E-state index contributed by atoms with van der Waals surface area (Å²) in [6, 6.07) is 11.0. The lowest BCUT2D eigenvalue weighted by Crippen LogP contribution is -2.52. The zero-order chi connectivity index (χ0) is 25.6. The number of ether oxygens (including phenoxy) is 1. The topological polar surface area (TPSA) is 96.0 Å². The Labute approximate surface area is 206 Å². The Hall–Kier alpha value is -2.78. The van der Waals surface area contributed by atoms with Gasteiger partial charge in [-0.3, -0.25) is 13.9 Å². The van der Waals surface area contributed by atoms with Crippen LogP contribution >= 0.6 is 11.6 Å². The second-order valence-corrected chi connectivity index (χ2v) is 10.8. The quantitative estimate of drug-likeness (QED) is 0.529. The van der Waals surface area contributed by atoms with E-state index in [1.165, 1.54) is 18.1 Å². The van der Waals surface area contributed by atoms with Crippen LogP contribution in [0.5, 0.6) is 5.75 Å². The Morgan fingerprint density at radius 2 is 1.79 bits per heavy atom. The smallest absolute Gasteiger partial charge is 0.244 e. The lowest BCUT2D eigenvalue weighted by atomic mass is 10.1. The predicted octanol–water partition coefficient (Wildman–Crippen LogP) is 3.36. The van der Waals surface area contributed by atoms with E-state index >= 15 is 0 Å². The van der Waals surface area contributed by atoms with Gasteiger partial charge in [0, 0.05) is 17.6 Å². The maximum atomic E-state index is 13.5. The fourth-order valence-electron chi connectivity index (χ4n) is 3.40. The van der Waals surface area contributed by atoms with Gasteiger partial charge in [-0.1, -0.05) is 29.8 Å². The largest absolute Gasteiger partial charge is 0.497 e. The number of sulfonamides is 1. The molecule has 2 aromatic carbocycles. The monoisotopic (exact) mass is 509 g/mol. The van der Waals surface area contributed by atoms with Gasteiger partial charge in [0.15, 0.2) is 0 Å². The van der Waals surface area contributed by atoms with Crippen molar-refractivity contribution < 1.29 is 22.7 Å². The summed E-state index contributed by atoms with van der Waals surface area (Å²) in [5, 5.41) is 3.16. The summed E-state index contributed by atoms with van der Waals surface area (Å²) in [4.78, 5) is 27.7. The standard InChI is InChI=1S/C24H32ClN3O5S/c1-16(2)26-24(30)18(4)27(14-19-8-7-9-21(12-19)33-5)23(29)15-28(34(6,31)32)22-13-20(25)11-10-17(22)3/h7-13,16,18H,14-15H2,1-6H3,(H,26,30)/t18-/m0/s1. The molecule has 0 unspecified atom stereocenters. The number of benzene rings is 2. The second kappa shape index (κ2) is 11.6. The SMILES string of the molecule is COc1cccc(CN(C(=O)CN(c2cc(Cl)ccc2C)S(C)(=O)=O)[C@@H](C)C(=O)NC(C)C)c1. The molecule has 8 nitrogen and oxygen atoms in total. The molecular weight excluding hydrogens is 478 g/mol. The number of nitrogens with one attached hydrogen (secondary N) is 1. The summed E-state index contributed by atoms with van der Waals surface area (Å²) in [5.74, 6) is -0.258. The van der Waals surface area contributed by atoms with Crippen molar-refractivity contribution in [1.82, 2.24) is 10.2 Å². The van der Waals surface area contributed by atoms with Gasteiger partial charge in [-0.15, -0.1) is 0 Å². The van der Waals surface area contributed by atoms with E-state index in [2.05, 4.69) is 5.32 Å². The number of rotatable bonds is 10. The minimum atomic E-state index is -3.83. The molecule has 186 valence electrons. The van der Waals surface area contributed by atoms with Crippen molar-refractivity contribution in [1.29, 1.82) is 0 Å². The molecule has 2 amide bonds. The van der Waals surface area contributed by atoms with E-state index in [1.54, 1.807) is 44.2 Å². The van der Waals surface area contributed by atoms with Gasteiger partial charge in [-0.05, 0) is 63.1 Å². The molecular formula is C24H32ClN3O5S. The molecule has 0 radical (unpaired) electrons. The molecule has 0 aliphatic carbocycles. The number of hydrogen-bond donors (Lipinski definition) is 1. The Kier molecular flexibility index (Phi) is 9.35. The fourth-order valence-corrected chi connectivity index (χ4v) is 4.47. The van der Waals surface area contributed by atoms with Gasteiger partial charge in [0.05, 0.1) is 19.1 Å². The molecule has 0 saturated carbocycles. The number of hydrogen-bond acceptors (Lipinski definition) is 5. The van der Waals surface area contributed by atoms with E-state index in [1.807, 2.05) is 19.9 Å². The molecule has 2 aromatic rings. The number of anilines is 1. The van der Waals surface area contributed by atoms with Gasteiger partial charge in [0.1, 0.15) is 18.3 Å². The Bertz CT molecular complexity index is 1140. The minimum Gasteiger partial charge on any atom is -0.497 e. The van der Waals surface area contributed by atoms with Crippen molar-refractivity contribution in [2.45, 2.75) is 46.3 Å². The average Bonchev–Trinajstić information content (AvgIpc) is 2.75. The molecule has 1 N–H and O–H groups in total. The Balaban J connectivity index is 2.45. The maximum Gasteiger partial charge on any atom is 0.244 e. The van der Waals surface area contributed by atoms with Gasteiger partial charge in [0.2, 0.25) is 21.8 Å². The first kappa shape index (κ1) is 27.5. The first-order chi connectivity index (χ1) is 15.8. The molecule has 0 spiro atoms. The van der Waals surface area contributed by atoms with Crippen LogP contribution in [0.25, 0.3) is 0 Å². The Morgan fingerprint density at radius 3 is 2.38 bits per heavy atom. The van der Waals surface area contributed by atoms with Crippen molar-refractivity contribution in [3.05, 3.63) is 58.6 Å². The van der Waals surface area contributed by atoms with E-state index in [-0.39, 0.29) is 18.5 Å². The summed E-state index contributed by atoms with van der Waals surface area (Å²) in [6.45, 7) is 6.61. The van der Waals surface area contributed by atoms with Gasteiger partial charge in [-0.25, -0.2) is 8.42 Å². The Morgan fingerprint density at radius 1 is 1.12 bits per heavy atom. The lowest BCUT2D eigenvalue weighted by Gasteiger charge is -2.32. The highest BCUT2D eigenvalue weighted by molar-refractivity contribution is 7.92. The molecule has 0 heterocycles. The summed E-state index contributed by atoms with van der Waals surface area (Å²) >= 11 is 6.10. The van der Waals surface area contributed by atoms with Crippen LogP contribution < -0.4 is 14.4 Å². The van der Waals surface area contributed by atoms with Crippen molar-refractivity contribution >= 4 is 39.1 Å². The van der Waals surface area contributed by atoms with Crippen molar-refractivity contribution in [2.24, 2.45) is 0 Å². The molecule has 0 fully saturated rings. The van der Waals surface area contributed by atoms with Gasteiger partial charge >= 0.3 is 0 Å². The highest BCUT2D eigenvalue weighted by atomic mass is 35.5. The van der Waals surface area contributed by atoms with Crippen LogP contribution in [0.4, 0.5) is 5.69 Å². The van der Waals surface area contributed by atoms with Crippen LogP contribution in [-0.2, 0) is 26.2 Å². The zero-order valence-electron chi connectivity index (χ0n) is 20.3. The molecule has 1 atom stereocenters. The van der Waals surface area contributed by atoms with Crippen molar-refractivity contribution in [3.8, 4) is 5.75 Å². The van der Waals surface area contributed by atoms with Gasteiger partial charge in [0.25, 0.3) is 0 Å². The number of amides is 2. The molecule has 0 saturated heterocycles. The molecule has 0 aliphatic rings. The first-order valence-corrected chi connectivity index (χ1v) is 13.0. The summed E-state index contributed by atoms with van der Waals surface area (Å²) in [7, 11) is -2.29. The highest BCUT2D eigenvalue weighted by Crippen LogP contribution is 2.27. The van der Waals surface area contributed by atoms with E-state index < -0.39 is 28.5 Å². The predicted molar refractivity (Wildman–Crippen MR) is 135 cm³/mol. The van der Waals surface area contributed by atoms with Crippen LogP contribution in [0.2, 0.25) is 5.02 Å². The molecule has 0 aliphatic heterocycles. The van der Waals surface area contributed by atoms with E-state index in [4.69, 9.17) is 16.3 Å².